The molecule has 0 unspecified atom stereocenters. The van der Waals surface area contributed by atoms with Crippen LogP contribution < -0.4 is 30.6 Å². The largest absolute Gasteiger partial charge is 0.545 e. The Morgan fingerprint density at radius 1 is 0.316 bits per heavy atom. The molecule has 3 aromatic carbocycles. The molecule has 0 heterocycles. The number of aromatic carboxylic acids is 6. The maximum atomic E-state index is 10.3. The minimum atomic E-state index is -1.52. The molecule has 0 N–H and O–H groups in total. The molecule has 0 aliphatic rings. The minimum absolute atomic E-state index is 0. The second kappa shape index (κ2) is 17.1. The molecular weight excluding hydrogens is 592 g/mol. The van der Waals surface area contributed by atoms with E-state index in [1.807, 2.05) is 0 Å². The van der Waals surface area contributed by atoms with Crippen LogP contribution in [-0.4, -0.2) is 35.8 Å². The zero-order valence-electron chi connectivity index (χ0n) is 18.5. The third-order valence-corrected chi connectivity index (χ3v) is 4.10. The first-order valence-electron chi connectivity index (χ1n) is 9.43. The Morgan fingerprint density at radius 3 is 0.500 bits per heavy atom. The van der Waals surface area contributed by atoms with Gasteiger partial charge in [-0.3, -0.25) is 0 Å². The van der Waals surface area contributed by atoms with E-state index < -0.39 is 35.8 Å². The topological polar surface area (TPSA) is 241 Å². The number of hydrogen-bond donors (Lipinski definition) is 0. The summed E-state index contributed by atoms with van der Waals surface area (Å²) in [5.41, 5.74) is -2.18. The number of carboxylic acid groups (broad SMARTS) is 6. The average molecular weight is 604 g/mol. The molecule has 0 aliphatic heterocycles. The average Bonchev–Trinajstić information content (AvgIpc) is 2.84. The second-order valence-electron chi connectivity index (χ2n) is 6.36. The van der Waals surface area contributed by atoms with Crippen molar-refractivity contribution in [1.29, 1.82) is 0 Å². The van der Waals surface area contributed by atoms with Gasteiger partial charge in [-0.05, 0) is 0 Å². The van der Waals surface area contributed by atoms with Gasteiger partial charge in [0.1, 0.15) is 0 Å². The fourth-order valence-corrected chi connectivity index (χ4v) is 2.52. The minimum Gasteiger partial charge on any atom is -0.545 e. The molecule has 14 heteroatoms. The summed E-state index contributed by atoms with van der Waals surface area (Å²) < 4.78 is 0. The Balaban J connectivity index is 0. The maximum absolute atomic E-state index is 10.3. The van der Waals surface area contributed by atoms with Gasteiger partial charge >= 0.3 is 0 Å². The van der Waals surface area contributed by atoms with Crippen LogP contribution in [0.4, 0.5) is 0 Å². The van der Waals surface area contributed by atoms with Gasteiger partial charge in [0, 0.05) is 67.5 Å². The fourth-order valence-electron chi connectivity index (χ4n) is 2.52. The van der Waals surface area contributed by atoms with Crippen molar-refractivity contribution in [2.75, 3.05) is 0 Å². The zero-order chi connectivity index (χ0) is 27.4. The Bertz CT molecular complexity index is 1060. The Labute approximate surface area is 235 Å². The van der Waals surface area contributed by atoms with Crippen molar-refractivity contribution in [3.63, 3.8) is 0 Å². The summed E-state index contributed by atoms with van der Waals surface area (Å²) in [5, 5.41) is 61.9. The van der Waals surface area contributed by atoms with Crippen molar-refractivity contribution >= 4 is 35.8 Å². The van der Waals surface area contributed by atoms with E-state index in [1.54, 1.807) is 0 Å². The third-order valence-electron chi connectivity index (χ3n) is 4.10. The van der Waals surface area contributed by atoms with Crippen LogP contribution >= 0.6 is 0 Å². The van der Waals surface area contributed by atoms with E-state index >= 15 is 0 Å². The van der Waals surface area contributed by atoms with E-state index in [9.17, 15) is 59.4 Å². The fraction of sp³-hybridized carbons (Fsp3) is 0. The van der Waals surface area contributed by atoms with E-state index in [4.69, 9.17) is 0 Å². The molecule has 12 nitrogen and oxygen atoms in total. The van der Waals surface area contributed by atoms with Crippen LogP contribution in [0.25, 0.3) is 0 Å². The van der Waals surface area contributed by atoms with E-state index in [-0.39, 0.29) is 67.5 Å². The Morgan fingerprint density at radius 2 is 0.421 bits per heavy atom. The predicted molar refractivity (Wildman–Crippen MR) is 105 cm³/mol. The molecule has 0 amide bonds. The summed E-state index contributed by atoms with van der Waals surface area (Å²) in [5.74, 6) is -9.11. The van der Waals surface area contributed by atoms with E-state index in [2.05, 4.69) is 0 Å². The number of benzene rings is 3. The van der Waals surface area contributed by atoms with Crippen LogP contribution in [0, 0.1) is 0 Å². The summed E-state index contributed by atoms with van der Waals surface area (Å²) >= 11 is 0. The maximum Gasteiger partial charge on any atom is 0.0721 e. The molecule has 38 heavy (non-hydrogen) atoms. The number of hydrogen-bond acceptors (Lipinski definition) is 12. The SMILES string of the molecule is O=C([O-])c1ccccc1C(=O)[O-].O=C([O-])c1ccccc1C(=O)[O-].O=C([O-])c1ccccc1C(=O)[O-].[Fe].[Fe]. The second-order valence-corrected chi connectivity index (χ2v) is 6.36. The van der Waals surface area contributed by atoms with Gasteiger partial charge in [0.25, 0.3) is 0 Å². The van der Waals surface area contributed by atoms with E-state index in [0.717, 1.165) is 36.4 Å². The van der Waals surface area contributed by atoms with Gasteiger partial charge in [0.2, 0.25) is 0 Å². The van der Waals surface area contributed by atoms with Crippen LogP contribution in [-0.2, 0) is 34.1 Å². The van der Waals surface area contributed by atoms with Crippen molar-refractivity contribution in [2.24, 2.45) is 0 Å². The molecule has 0 atom stereocenters. The van der Waals surface area contributed by atoms with Gasteiger partial charge in [0.05, 0.1) is 35.8 Å². The molecule has 3 aromatic rings. The summed E-state index contributed by atoms with van der Waals surface area (Å²) in [6.45, 7) is 0. The standard InChI is InChI=1S/3C8H6O4.2Fe/c3*9-7(10)5-3-1-2-4-6(5)8(11)12;;/h3*1-4H,(H,9,10)(H,11,12);;/p-6. The number of carboxylic acids is 6. The third kappa shape index (κ3) is 10.6. The Hall–Kier alpha value is -4.48. The smallest absolute Gasteiger partial charge is 0.0721 e. The molecule has 0 fully saturated rings. The first-order chi connectivity index (χ1) is 16.9. The van der Waals surface area contributed by atoms with Crippen molar-refractivity contribution in [2.45, 2.75) is 0 Å². The summed E-state index contributed by atoms with van der Waals surface area (Å²) in [7, 11) is 0. The molecule has 0 saturated heterocycles. The quantitative estimate of drug-likeness (QED) is 0.241. The van der Waals surface area contributed by atoms with Gasteiger partial charge in [-0.15, -0.1) is 0 Å². The van der Waals surface area contributed by atoms with Gasteiger partial charge in [-0.1, -0.05) is 72.8 Å². The van der Waals surface area contributed by atoms with Gasteiger partial charge in [0.15, 0.2) is 0 Å². The molecule has 202 valence electrons. The van der Waals surface area contributed by atoms with Crippen LogP contribution in [0.15, 0.2) is 72.8 Å². The summed E-state index contributed by atoms with van der Waals surface area (Å²) in [6, 6.07) is 15.4. The molecule has 0 aliphatic carbocycles. The monoisotopic (exact) mass is 604 g/mol. The van der Waals surface area contributed by atoms with Gasteiger partial charge in [-0.25, -0.2) is 0 Å². The van der Waals surface area contributed by atoms with Gasteiger partial charge < -0.3 is 59.4 Å². The van der Waals surface area contributed by atoms with Crippen molar-refractivity contribution in [1.82, 2.24) is 0 Å². The van der Waals surface area contributed by atoms with Crippen LogP contribution in [0.5, 0.6) is 0 Å². The summed E-state index contributed by atoms with van der Waals surface area (Å²) in [4.78, 5) is 61.9. The number of rotatable bonds is 6. The van der Waals surface area contributed by atoms with Crippen LogP contribution in [0.1, 0.15) is 62.1 Å². The molecule has 0 saturated carbocycles. The first-order valence-corrected chi connectivity index (χ1v) is 9.43. The summed E-state index contributed by atoms with van der Waals surface area (Å²) in [6.07, 6.45) is 0. The van der Waals surface area contributed by atoms with Crippen LogP contribution in [0.2, 0.25) is 0 Å². The van der Waals surface area contributed by atoms with Crippen molar-refractivity contribution in [3.05, 3.63) is 106 Å². The molecule has 3 rings (SSSR count). The predicted octanol–water partition coefficient (Wildman–Crippen LogP) is -4.76. The zero-order valence-corrected chi connectivity index (χ0v) is 20.7. The normalized spacial score (nSPS) is 8.84. The molecule has 0 aromatic heterocycles. The van der Waals surface area contributed by atoms with E-state index in [0.29, 0.717) is 0 Å². The number of carbonyl (C=O) groups excluding carboxylic acids is 6. The molecular formula is C24H12Fe2O12-6. The van der Waals surface area contributed by atoms with Crippen LogP contribution in [0.3, 0.4) is 0 Å². The molecule has 0 radical (unpaired) electrons. The first kappa shape index (κ1) is 35.7. The van der Waals surface area contributed by atoms with E-state index in [1.165, 1.54) is 36.4 Å². The van der Waals surface area contributed by atoms with Crippen molar-refractivity contribution in [3.8, 4) is 0 Å². The van der Waals surface area contributed by atoms with Gasteiger partial charge in [-0.2, -0.15) is 0 Å². The molecule has 0 spiro atoms. The molecule has 0 bridgehead atoms. The van der Waals surface area contributed by atoms with Crippen molar-refractivity contribution < 1.29 is 93.5 Å². The Kier molecular flexibility index (Phi) is 16.0. The number of carbonyl (C=O) groups is 6.